The first kappa shape index (κ1) is 21.3. The second-order valence-electron chi connectivity index (χ2n) is 3.21. The van der Waals surface area contributed by atoms with Crippen LogP contribution in [0.4, 0.5) is 4.39 Å². The minimum atomic E-state index is -3.67. The van der Waals surface area contributed by atoms with Gasteiger partial charge < -0.3 is 15.3 Å². The van der Waals surface area contributed by atoms with Crippen molar-refractivity contribution in [1.82, 2.24) is 0 Å². The quantitative estimate of drug-likeness (QED) is 0.422. The lowest BCUT2D eigenvalue weighted by Gasteiger charge is -1.90. The molecule has 0 aliphatic rings. The average molecular weight is 322 g/mol. The number of hydrogen-bond donors (Lipinski definition) is 4. The number of halogens is 1. The van der Waals surface area contributed by atoms with Crippen molar-refractivity contribution >= 4 is 16.1 Å². The molecule has 0 radical (unpaired) electrons. The van der Waals surface area contributed by atoms with Crippen LogP contribution in [0.2, 0.25) is 0 Å². The number of aliphatic hydroxyl groups excluding tert-OH is 2. The van der Waals surface area contributed by atoms with E-state index in [0.717, 1.165) is 12.1 Å². The second kappa shape index (κ2) is 11.8. The number of benzene rings is 1. The minimum absolute atomic E-state index is 0.0985. The van der Waals surface area contributed by atoms with Gasteiger partial charge in [0.15, 0.2) is 0 Å². The van der Waals surface area contributed by atoms with Crippen LogP contribution < -0.4 is 0 Å². The molecule has 4 N–H and O–H groups in total. The lowest BCUT2D eigenvalue weighted by molar-refractivity contribution is 0.0697. The molecular formula is C12H15FO7S. The van der Waals surface area contributed by atoms with Gasteiger partial charge in [-0.2, -0.15) is 8.42 Å². The zero-order valence-corrected chi connectivity index (χ0v) is 11.8. The van der Waals surface area contributed by atoms with E-state index in [1.54, 1.807) is 0 Å². The summed E-state index contributed by atoms with van der Waals surface area (Å²) in [5.74, 6) is 3.04. The summed E-state index contributed by atoms with van der Waals surface area (Å²) in [6.07, 6.45) is 0.715. The SMILES string of the molecule is CS(=O)(=O)O.O=C(O)c1ccc(F)cc1.OCC#CCO. The molecule has 0 aliphatic carbocycles. The highest BCUT2D eigenvalue weighted by Crippen LogP contribution is 2.01. The molecule has 0 bridgehead atoms. The van der Waals surface area contributed by atoms with Gasteiger partial charge in [-0.25, -0.2) is 9.18 Å². The number of aromatic carboxylic acids is 1. The van der Waals surface area contributed by atoms with Crippen molar-refractivity contribution < 1.29 is 37.5 Å². The van der Waals surface area contributed by atoms with Gasteiger partial charge in [-0.15, -0.1) is 0 Å². The van der Waals surface area contributed by atoms with Crippen LogP contribution in [-0.4, -0.2) is 53.7 Å². The highest BCUT2D eigenvalue weighted by molar-refractivity contribution is 7.85. The molecule has 0 spiro atoms. The van der Waals surface area contributed by atoms with Crippen LogP contribution in [0.3, 0.4) is 0 Å². The van der Waals surface area contributed by atoms with Crippen molar-refractivity contribution in [2.45, 2.75) is 0 Å². The molecule has 0 aromatic heterocycles. The number of hydrogen-bond acceptors (Lipinski definition) is 5. The van der Waals surface area contributed by atoms with Gasteiger partial charge in [0.05, 0.1) is 11.8 Å². The van der Waals surface area contributed by atoms with Crippen LogP contribution in [0.5, 0.6) is 0 Å². The van der Waals surface area contributed by atoms with Gasteiger partial charge in [0.2, 0.25) is 0 Å². The highest BCUT2D eigenvalue weighted by atomic mass is 32.2. The Kier molecular flexibility index (Phi) is 12.0. The second-order valence-corrected chi connectivity index (χ2v) is 4.68. The zero-order valence-electron chi connectivity index (χ0n) is 11.0. The molecule has 7 nitrogen and oxygen atoms in total. The molecular weight excluding hydrogens is 307 g/mol. The van der Waals surface area contributed by atoms with Gasteiger partial charge in [0.25, 0.3) is 10.1 Å². The van der Waals surface area contributed by atoms with Gasteiger partial charge in [0.1, 0.15) is 19.0 Å². The van der Waals surface area contributed by atoms with Gasteiger partial charge in [-0.3, -0.25) is 4.55 Å². The fourth-order valence-corrected chi connectivity index (χ4v) is 0.704. The topological polar surface area (TPSA) is 132 Å². The first-order chi connectivity index (χ1) is 9.61. The molecule has 0 fully saturated rings. The molecule has 0 amide bonds. The van der Waals surface area contributed by atoms with E-state index in [1.165, 1.54) is 12.1 Å². The van der Waals surface area contributed by atoms with Gasteiger partial charge in [-0.1, -0.05) is 11.8 Å². The average Bonchev–Trinajstić information content (AvgIpc) is 2.35. The van der Waals surface area contributed by atoms with Crippen molar-refractivity contribution in [2.24, 2.45) is 0 Å². The molecule has 1 rings (SSSR count). The Labute approximate surface area is 121 Å². The van der Waals surface area contributed by atoms with Crippen LogP contribution in [0, 0.1) is 17.7 Å². The summed E-state index contributed by atoms with van der Waals surface area (Å²) in [5, 5.41) is 24.2. The monoisotopic (exact) mass is 322 g/mol. The third-order valence-electron chi connectivity index (χ3n) is 1.37. The standard InChI is InChI=1S/C7H5FO2.C4H6O2.CH4O3S/c8-6-3-1-5(2-4-6)7(9)10;5-3-1-2-4-6;1-5(2,3)4/h1-4H,(H,9,10);5-6H,3-4H2;1H3,(H,2,3,4). The Morgan fingerprint density at radius 3 is 1.71 bits per heavy atom. The Bertz CT molecular complexity index is 554. The molecule has 0 atom stereocenters. The van der Waals surface area contributed by atoms with E-state index in [0.29, 0.717) is 6.26 Å². The van der Waals surface area contributed by atoms with E-state index < -0.39 is 21.9 Å². The molecule has 1 aromatic rings. The lowest BCUT2D eigenvalue weighted by Crippen LogP contribution is -1.94. The van der Waals surface area contributed by atoms with E-state index in [2.05, 4.69) is 11.8 Å². The summed E-state index contributed by atoms with van der Waals surface area (Å²) in [6.45, 7) is -0.332. The van der Waals surface area contributed by atoms with Crippen molar-refractivity contribution in [3.05, 3.63) is 35.6 Å². The maximum Gasteiger partial charge on any atom is 0.335 e. The maximum absolute atomic E-state index is 12.2. The van der Waals surface area contributed by atoms with Crippen LogP contribution >= 0.6 is 0 Å². The molecule has 0 heterocycles. The van der Waals surface area contributed by atoms with Crippen molar-refractivity contribution in [1.29, 1.82) is 0 Å². The molecule has 0 aliphatic heterocycles. The normalized spacial score (nSPS) is 9.00. The predicted octanol–water partition coefficient (Wildman–Crippen LogP) is 0.00230. The molecule has 0 saturated carbocycles. The fraction of sp³-hybridized carbons (Fsp3) is 0.250. The Morgan fingerprint density at radius 2 is 1.48 bits per heavy atom. The Morgan fingerprint density at radius 1 is 1.14 bits per heavy atom. The molecule has 21 heavy (non-hydrogen) atoms. The molecule has 0 unspecified atom stereocenters. The smallest absolute Gasteiger partial charge is 0.335 e. The number of aliphatic hydroxyl groups is 2. The van der Waals surface area contributed by atoms with Crippen LogP contribution in [0.25, 0.3) is 0 Å². The largest absolute Gasteiger partial charge is 0.478 e. The van der Waals surface area contributed by atoms with E-state index in [1.807, 2.05) is 0 Å². The number of carboxylic acid groups (broad SMARTS) is 1. The van der Waals surface area contributed by atoms with Crippen LogP contribution in [0.1, 0.15) is 10.4 Å². The van der Waals surface area contributed by atoms with Gasteiger partial charge in [0, 0.05) is 0 Å². The van der Waals surface area contributed by atoms with E-state index >= 15 is 0 Å². The first-order valence-electron chi connectivity index (χ1n) is 5.20. The minimum Gasteiger partial charge on any atom is -0.478 e. The number of carboxylic acids is 1. The van der Waals surface area contributed by atoms with Gasteiger partial charge in [-0.05, 0) is 24.3 Å². The van der Waals surface area contributed by atoms with E-state index in [-0.39, 0.29) is 18.8 Å². The summed E-state index contributed by atoms with van der Waals surface area (Å²) in [5.41, 5.74) is 0.0985. The lowest BCUT2D eigenvalue weighted by atomic mass is 10.2. The van der Waals surface area contributed by atoms with Crippen molar-refractivity contribution in [2.75, 3.05) is 19.5 Å². The highest BCUT2D eigenvalue weighted by Gasteiger charge is 1.99. The summed E-state index contributed by atoms with van der Waals surface area (Å²) >= 11 is 0. The zero-order chi connectivity index (χ0) is 16.9. The fourth-order valence-electron chi connectivity index (χ4n) is 0.704. The van der Waals surface area contributed by atoms with Crippen molar-refractivity contribution in [3.8, 4) is 11.8 Å². The summed E-state index contributed by atoms with van der Waals surface area (Å²) in [4.78, 5) is 10.2. The molecule has 1 aromatic carbocycles. The summed E-state index contributed by atoms with van der Waals surface area (Å²) in [7, 11) is -3.67. The third-order valence-corrected chi connectivity index (χ3v) is 1.37. The Balaban J connectivity index is 0. The van der Waals surface area contributed by atoms with E-state index in [9.17, 15) is 17.6 Å². The van der Waals surface area contributed by atoms with Gasteiger partial charge >= 0.3 is 5.97 Å². The predicted molar refractivity (Wildman–Crippen MR) is 72.8 cm³/mol. The van der Waals surface area contributed by atoms with E-state index in [4.69, 9.17) is 19.9 Å². The molecule has 9 heteroatoms. The number of rotatable bonds is 1. The Hall–Kier alpha value is -1.99. The van der Waals surface area contributed by atoms with Crippen LogP contribution in [-0.2, 0) is 10.1 Å². The molecule has 0 saturated heterocycles. The summed E-state index contributed by atoms with van der Waals surface area (Å²) < 4.78 is 38.0. The third kappa shape index (κ3) is 20.5. The number of carbonyl (C=O) groups is 1. The molecule has 118 valence electrons. The maximum atomic E-state index is 12.2. The summed E-state index contributed by atoms with van der Waals surface area (Å²) in [6, 6.07) is 4.67. The van der Waals surface area contributed by atoms with Crippen molar-refractivity contribution in [3.63, 3.8) is 0 Å². The van der Waals surface area contributed by atoms with Crippen LogP contribution in [0.15, 0.2) is 24.3 Å². The first-order valence-corrected chi connectivity index (χ1v) is 7.05.